The van der Waals surface area contributed by atoms with Gasteiger partial charge in [0.1, 0.15) is 11.4 Å². The largest absolute Gasteiger partial charge is 0.505 e. The first-order valence-corrected chi connectivity index (χ1v) is 7.95. The van der Waals surface area contributed by atoms with Crippen molar-refractivity contribution in [3.8, 4) is 11.5 Å². The molecule has 0 amide bonds. The SMILES string of the molecule is COc1cc(N=Nc2ccccc2)c(O)c2cc3ccccc3cc12. The van der Waals surface area contributed by atoms with Gasteiger partial charge in [-0.25, -0.2) is 0 Å². The van der Waals surface area contributed by atoms with Gasteiger partial charge < -0.3 is 9.84 Å². The van der Waals surface area contributed by atoms with Crippen LogP contribution in [-0.4, -0.2) is 12.2 Å². The van der Waals surface area contributed by atoms with Crippen LogP contribution >= 0.6 is 0 Å². The number of nitrogens with zero attached hydrogens (tertiary/aromatic N) is 2. The highest BCUT2D eigenvalue weighted by molar-refractivity contribution is 6.05. The maximum Gasteiger partial charge on any atom is 0.151 e. The molecule has 4 aromatic rings. The molecule has 0 bridgehead atoms. The number of ether oxygens (including phenoxy) is 1. The second-order valence-corrected chi connectivity index (χ2v) is 5.73. The Hall–Kier alpha value is -3.40. The van der Waals surface area contributed by atoms with Gasteiger partial charge in [0.25, 0.3) is 0 Å². The van der Waals surface area contributed by atoms with Crippen molar-refractivity contribution < 1.29 is 9.84 Å². The number of phenols is 1. The van der Waals surface area contributed by atoms with E-state index in [1.807, 2.05) is 66.7 Å². The van der Waals surface area contributed by atoms with E-state index in [2.05, 4.69) is 10.2 Å². The summed E-state index contributed by atoms with van der Waals surface area (Å²) in [5.41, 5.74) is 1.10. The highest BCUT2D eigenvalue weighted by Gasteiger charge is 2.13. The molecule has 1 N–H and O–H groups in total. The Morgan fingerprint density at radius 3 is 2.08 bits per heavy atom. The molecule has 0 fully saturated rings. The summed E-state index contributed by atoms with van der Waals surface area (Å²) in [6, 6.07) is 23.1. The molecule has 0 radical (unpaired) electrons. The number of phenolic OH excluding ortho intramolecular Hbond substituents is 1. The summed E-state index contributed by atoms with van der Waals surface area (Å²) in [4.78, 5) is 0. The third-order valence-corrected chi connectivity index (χ3v) is 4.17. The normalized spacial score (nSPS) is 11.4. The standard InChI is InChI=1S/C21H16N2O2/c1-25-20-13-19(23-22-16-9-3-2-4-10-16)21(24)18-12-15-8-6-5-7-14(15)11-17(18)20/h2-13,24H,1H3. The minimum atomic E-state index is 0.0984. The fourth-order valence-corrected chi connectivity index (χ4v) is 2.90. The molecule has 4 aromatic carbocycles. The maximum absolute atomic E-state index is 10.7. The predicted molar refractivity (Wildman–Crippen MR) is 100 cm³/mol. The second-order valence-electron chi connectivity index (χ2n) is 5.73. The van der Waals surface area contributed by atoms with Gasteiger partial charge in [0.2, 0.25) is 0 Å². The predicted octanol–water partition coefficient (Wildman–Crippen LogP) is 6.12. The fourth-order valence-electron chi connectivity index (χ4n) is 2.90. The Bertz CT molecular complexity index is 1090. The van der Waals surface area contributed by atoms with Crippen molar-refractivity contribution in [1.82, 2.24) is 0 Å². The van der Waals surface area contributed by atoms with Crippen molar-refractivity contribution in [3.63, 3.8) is 0 Å². The summed E-state index contributed by atoms with van der Waals surface area (Å²) >= 11 is 0. The van der Waals surface area contributed by atoms with Crippen LogP contribution in [0.5, 0.6) is 11.5 Å². The molecule has 25 heavy (non-hydrogen) atoms. The first-order valence-electron chi connectivity index (χ1n) is 7.95. The number of aromatic hydroxyl groups is 1. The van der Waals surface area contributed by atoms with E-state index < -0.39 is 0 Å². The molecule has 0 unspecified atom stereocenters. The van der Waals surface area contributed by atoms with Gasteiger partial charge in [-0.2, -0.15) is 5.11 Å². The molecule has 0 saturated heterocycles. The molecule has 4 rings (SSSR count). The lowest BCUT2D eigenvalue weighted by Gasteiger charge is -2.11. The van der Waals surface area contributed by atoms with E-state index in [1.54, 1.807) is 13.2 Å². The van der Waals surface area contributed by atoms with Crippen LogP contribution in [0.15, 0.2) is 83.0 Å². The van der Waals surface area contributed by atoms with Gasteiger partial charge in [0, 0.05) is 16.8 Å². The summed E-state index contributed by atoms with van der Waals surface area (Å²) in [5.74, 6) is 0.752. The molecule has 0 aliphatic carbocycles. The smallest absolute Gasteiger partial charge is 0.151 e. The zero-order chi connectivity index (χ0) is 17.2. The van der Waals surface area contributed by atoms with Crippen molar-refractivity contribution in [2.75, 3.05) is 7.11 Å². The molecule has 4 nitrogen and oxygen atoms in total. The van der Waals surface area contributed by atoms with E-state index >= 15 is 0 Å². The van der Waals surface area contributed by atoms with Gasteiger partial charge >= 0.3 is 0 Å². The molecule has 0 heterocycles. The van der Waals surface area contributed by atoms with Crippen LogP contribution < -0.4 is 4.74 Å². The van der Waals surface area contributed by atoms with Crippen molar-refractivity contribution in [2.24, 2.45) is 10.2 Å². The fraction of sp³-hybridized carbons (Fsp3) is 0.0476. The molecular weight excluding hydrogens is 312 g/mol. The third kappa shape index (κ3) is 2.78. The molecular formula is C21H16N2O2. The van der Waals surface area contributed by atoms with Crippen molar-refractivity contribution in [3.05, 3.63) is 72.8 Å². The third-order valence-electron chi connectivity index (χ3n) is 4.17. The summed E-state index contributed by atoms with van der Waals surface area (Å²) in [6.45, 7) is 0. The molecule has 0 saturated carbocycles. The number of methoxy groups -OCH3 is 1. The van der Waals surface area contributed by atoms with Crippen LogP contribution in [0.2, 0.25) is 0 Å². The van der Waals surface area contributed by atoms with Crippen LogP contribution in [0, 0.1) is 0 Å². The summed E-state index contributed by atoms with van der Waals surface area (Å²) in [5, 5.41) is 22.8. The number of fused-ring (bicyclic) bond motifs is 2. The molecule has 122 valence electrons. The Balaban J connectivity index is 1.92. The van der Waals surface area contributed by atoms with Gasteiger partial charge in [-0.05, 0) is 35.0 Å². The Labute approximate surface area is 145 Å². The zero-order valence-electron chi connectivity index (χ0n) is 13.7. The van der Waals surface area contributed by atoms with Gasteiger partial charge in [-0.3, -0.25) is 0 Å². The minimum Gasteiger partial charge on any atom is -0.505 e. The van der Waals surface area contributed by atoms with E-state index in [9.17, 15) is 5.11 Å². The maximum atomic E-state index is 10.7. The first kappa shape index (κ1) is 15.1. The average molecular weight is 328 g/mol. The van der Waals surface area contributed by atoms with E-state index in [0.717, 1.165) is 21.8 Å². The number of hydrogen-bond acceptors (Lipinski definition) is 4. The lowest BCUT2D eigenvalue weighted by molar-refractivity contribution is 0.418. The monoisotopic (exact) mass is 328 g/mol. The van der Waals surface area contributed by atoms with E-state index in [1.165, 1.54) is 0 Å². The zero-order valence-corrected chi connectivity index (χ0v) is 13.7. The molecule has 0 aliphatic rings. The molecule has 0 aromatic heterocycles. The van der Waals surface area contributed by atoms with E-state index in [0.29, 0.717) is 16.8 Å². The van der Waals surface area contributed by atoms with Gasteiger partial charge in [0.15, 0.2) is 5.75 Å². The van der Waals surface area contributed by atoms with Crippen LogP contribution in [0.25, 0.3) is 21.5 Å². The second kappa shape index (κ2) is 6.24. The van der Waals surface area contributed by atoms with Crippen LogP contribution in [-0.2, 0) is 0 Å². The Kier molecular flexibility index (Phi) is 3.78. The highest BCUT2D eigenvalue weighted by atomic mass is 16.5. The van der Waals surface area contributed by atoms with Gasteiger partial charge in [-0.1, -0.05) is 42.5 Å². The molecule has 0 atom stereocenters. The van der Waals surface area contributed by atoms with Crippen LogP contribution in [0.4, 0.5) is 11.4 Å². The lowest BCUT2D eigenvalue weighted by atomic mass is 10.0. The van der Waals surface area contributed by atoms with Gasteiger partial charge in [-0.15, -0.1) is 5.11 Å². The molecule has 4 heteroatoms. The minimum absolute atomic E-state index is 0.0984. The number of benzene rings is 4. The molecule has 0 spiro atoms. The highest BCUT2D eigenvalue weighted by Crippen LogP contribution is 2.42. The quantitative estimate of drug-likeness (QED) is 0.364. The van der Waals surface area contributed by atoms with Crippen LogP contribution in [0.3, 0.4) is 0 Å². The topological polar surface area (TPSA) is 54.2 Å². The Morgan fingerprint density at radius 2 is 1.40 bits per heavy atom. The number of azo groups is 1. The summed E-state index contributed by atoms with van der Waals surface area (Å²) < 4.78 is 5.51. The van der Waals surface area contributed by atoms with Gasteiger partial charge in [0.05, 0.1) is 12.8 Å². The van der Waals surface area contributed by atoms with E-state index in [4.69, 9.17) is 4.74 Å². The van der Waals surface area contributed by atoms with Crippen molar-refractivity contribution in [1.29, 1.82) is 0 Å². The number of hydrogen-bond donors (Lipinski definition) is 1. The van der Waals surface area contributed by atoms with E-state index in [-0.39, 0.29) is 5.75 Å². The van der Waals surface area contributed by atoms with Crippen LogP contribution in [0.1, 0.15) is 0 Å². The summed E-state index contributed by atoms with van der Waals surface area (Å²) in [6.07, 6.45) is 0. The summed E-state index contributed by atoms with van der Waals surface area (Å²) in [7, 11) is 1.61. The lowest BCUT2D eigenvalue weighted by Crippen LogP contribution is -1.86. The number of rotatable bonds is 3. The average Bonchev–Trinajstić information content (AvgIpc) is 2.67. The van der Waals surface area contributed by atoms with Crippen molar-refractivity contribution in [2.45, 2.75) is 0 Å². The molecule has 0 aliphatic heterocycles. The Morgan fingerprint density at radius 1 is 0.760 bits per heavy atom. The van der Waals surface area contributed by atoms with Crippen molar-refractivity contribution >= 4 is 32.9 Å². The first-order chi connectivity index (χ1) is 12.3.